The van der Waals surface area contributed by atoms with E-state index < -0.39 is 0 Å². The lowest BCUT2D eigenvalue weighted by atomic mass is 9.64. The zero-order chi connectivity index (χ0) is 39.1. The van der Waals surface area contributed by atoms with Crippen molar-refractivity contribution >= 4 is 137 Å². The van der Waals surface area contributed by atoms with Crippen LogP contribution in [-0.4, -0.2) is 69.9 Å². The molecule has 0 saturated carbocycles. The van der Waals surface area contributed by atoms with Gasteiger partial charge in [0.2, 0.25) is 0 Å². The van der Waals surface area contributed by atoms with E-state index in [9.17, 15) is 0 Å². The fraction of sp³-hybridized carbons (Fsp3) is 0. The van der Waals surface area contributed by atoms with Gasteiger partial charge in [0, 0.05) is 38.2 Å². The van der Waals surface area contributed by atoms with E-state index in [1.54, 1.807) is 0 Å². The summed E-state index contributed by atoms with van der Waals surface area (Å²) in [6.45, 7) is 0. The van der Waals surface area contributed by atoms with Gasteiger partial charge in [-0.3, -0.25) is 0 Å². The van der Waals surface area contributed by atoms with Crippen molar-refractivity contribution < 1.29 is 8.83 Å². The molecule has 0 bridgehead atoms. The first-order valence-electron chi connectivity index (χ1n) is 19.5. The van der Waals surface area contributed by atoms with Crippen LogP contribution in [0.1, 0.15) is 0 Å². The standard InChI is InChI=1S/C45H34B7N3O2/c46-33-30(41-31(34(47)36(33)49)32-35(48)37(50)38(51)39(52)42(32)57-41)23-15-19-25(20-16-23)44-53-43(24-17-13-22(14-18-24)21-7-2-1-3-8-21)54-45(55-44)28-11-6-10-27-26-9-4-5-12-29(26)56-40(27)28/h1-20H,46-52H2. The number of hydrogen-bond acceptors (Lipinski definition) is 5. The first-order chi connectivity index (χ1) is 27.7. The van der Waals surface area contributed by atoms with Gasteiger partial charge in [0.1, 0.15) is 77.3 Å². The van der Waals surface area contributed by atoms with E-state index in [2.05, 4.69) is 140 Å². The minimum atomic E-state index is 0.557. The summed E-state index contributed by atoms with van der Waals surface area (Å²) in [5.74, 6) is 1.74. The van der Waals surface area contributed by atoms with Crippen molar-refractivity contribution in [3.05, 3.63) is 121 Å². The van der Waals surface area contributed by atoms with Crippen LogP contribution in [0, 0.1) is 0 Å². The second-order valence-electron chi connectivity index (χ2n) is 15.4. The van der Waals surface area contributed by atoms with Crippen LogP contribution in [0.3, 0.4) is 0 Å². The Morgan fingerprint density at radius 3 is 1.53 bits per heavy atom. The summed E-state index contributed by atoms with van der Waals surface area (Å²) in [5, 5.41) is 4.53. The van der Waals surface area contributed by atoms with Crippen LogP contribution >= 0.6 is 0 Å². The van der Waals surface area contributed by atoms with E-state index >= 15 is 0 Å². The molecule has 0 radical (unpaired) electrons. The van der Waals surface area contributed by atoms with E-state index in [4.69, 9.17) is 23.8 Å². The third-order valence-electron chi connectivity index (χ3n) is 12.4. The molecule has 0 aliphatic carbocycles. The molecule has 0 amide bonds. The highest BCUT2D eigenvalue weighted by atomic mass is 16.3. The maximum absolute atomic E-state index is 6.90. The molecular formula is C45H34B7N3O2. The number of benzene rings is 7. The number of nitrogens with zero attached hydrogens (tertiary/aromatic N) is 3. The summed E-state index contributed by atoms with van der Waals surface area (Å²) in [4.78, 5) is 15.4. The van der Waals surface area contributed by atoms with E-state index in [1.807, 2.05) is 36.4 Å². The first kappa shape index (κ1) is 35.0. The minimum absolute atomic E-state index is 0.557. The predicted molar refractivity (Wildman–Crippen MR) is 259 cm³/mol. The van der Waals surface area contributed by atoms with Crippen LogP contribution in [-0.2, 0) is 0 Å². The molecule has 0 atom stereocenters. The molecular weight excluding hydrogens is 690 g/mol. The lowest BCUT2D eigenvalue weighted by Crippen LogP contribution is -2.47. The molecule has 10 rings (SSSR count). The summed E-state index contributed by atoms with van der Waals surface area (Å²) in [6.07, 6.45) is 0. The Balaban J connectivity index is 1.14. The third-order valence-corrected chi connectivity index (χ3v) is 12.4. The molecule has 0 aliphatic heterocycles. The molecule has 0 spiro atoms. The molecule has 5 nitrogen and oxygen atoms in total. The normalized spacial score (nSPS) is 11.6. The fourth-order valence-electron chi connectivity index (χ4n) is 8.59. The van der Waals surface area contributed by atoms with Crippen LogP contribution in [0.25, 0.3) is 100 Å². The van der Waals surface area contributed by atoms with Crippen molar-refractivity contribution in [1.82, 2.24) is 15.0 Å². The molecule has 0 aliphatic rings. The number of fused-ring (bicyclic) bond motifs is 6. The van der Waals surface area contributed by atoms with Crippen LogP contribution in [0.2, 0.25) is 0 Å². The van der Waals surface area contributed by atoms with Gasteiger partial charge in [-0.25, -0.2) is 15.0 Å². The highest BCUT2D eigenvalue weighted by molar-refractivity contribution is 6.69. The van der Waals surface area contributed by atoms with Crippen LogP contribution in [0.4, 0.5) is 0 Å². The summed E-state index contributed by atoms with van der Waals surface area (Å²) in [7, 11) is 15.5. The average Bonchev–Trinajstić information content (AvgIpc) is 3.84. The summed E-state index contributed by atoms with van der Waals surface area (Å²) < 4.78 is 13.4. The quantitative estimate of drug-likeness (QED) is 0.231. The van der Waals surface area contributed by atoms with Gasteiger partial charge < -0.3 is 8.83 Å². The Bertz CT molecular complexity index is 3250. The lowest BCUT2D eigenvalue weighted by molar-refractivity contribution is 0.669. The molecule has 3 heterocycles. The second kappa shape index (κ2) is 13.4. The summed E-state index contributed by atoms with van der Waals surface area (Å²) in [5.41, 5.74) is 19.5. The van der Waals surface area contributed by atoms with Crippen LogP contribution < -0.4 is 38.2 Å². The highest BCUT2D eigenvalue weighted by Gasteiger charge is 2.23. The Kier molecular flexibility index (Phi) is 8.22. The Hall–Kier alpha value is -6.40. The topological polar surface area (TPSA) is 65.0 Å². The van der Waals surface area contributed by atoms with Crippen molar-refractivity contribution in [3.8, 4) is 56.4 Å². The number of aromatic nitrogens is 3. The number of rotatable bonds is 5. The van der Waals surface area contributed by atoms with E-state index in [1.165, 1.54) is 49.0 Å². The van der Waals surface area contributed by atoms with Gasteiger partial charge in [0.05, 0.1) is 5.56 Å². The first-order valence-corrected chi connectivity index (χ1v) is 19.5. The largest absolute Gasteiger partial charge is 0.456 e. The second-order valence-corrected chi connectivity index (χ2v) is 15.4. The number of hydrogen-bond donors (Lipinski definition) is 0. The van der Waals surface area contributed by atoms with Gasteiger partial charge in [-0.2, -0.15) is 0 Å². The number of para-hydroxylation sites is 2. The Morgan fingerprint density at radius 1 is 0.333 bits per heavy atom. The summed E-state index contributed by atoms with van der Waals surface area (Å²) in [6, 6.07) is 41.7. The van der Waals surface area contributed by atoms with Gasteiger partial charge in [-0.1, -0.05) is 142 Å². The summed E-state index contributed by atoms with van der Waals surface area (Å²) >= 11 is 0. The van der Waals surface area contributed by atoms with Crippen molar-refractivity contribution in [2.45, 2.75) is 0 Å². The molecule has 0 fully saturated rings. The molecule has 7 aromatic carbocycles. The van der Waals surface area contributed by atoms with Gasteiger partial charge in [-0.05, 0) is 28.8 Å². The smallest absolute Gasteiger partial charge is 0.167 e. The van der Waals surface area contributed by atoms with Gasteiger partial charge >= 0.3 is 0 Å². The molecule has 12 heteroatoms. The molecule has 0 N–H and O–H groups in total. The minimum Gasteiger partial charge on any atom is -0.456 e. The van der Waals surface area contributed by atoms with Gasteiger partial charge in [-0.15, -0.1) is 5.46 Å². The van der Waals surface area contributed by atoms with Crippen molar-refractivity contribution in [2.75, 3.05) is 0 Å². The molecule has 262 valence electrons. The van der Waals surface area contributed by atoms with Crippen molar-refractivity contribution in [3.63, 3.8) is 0 Å². The zero-order valence-electron chi connectivity index (χ0n) is 33.2. The van der Waals surface area contributed by atoms with Crippen LogP contribution in [0.15, 0.2) is 130 Å². The maximum Gasteiger partial charge on any atom is 0.167 e. The average molecular weight is 724 g/mol. The fourth-order valence-corrected chi connectivity index (χ4v) is 8.59. The van der Waals surface area contributed by atoms with Crippen molar-refractivity contribution in [1.29, 1.82) is 0 Å². The van der Waals surface area contributed by atoms with E-state index in [-0.39, 0.29) is 0 Å². The van der Waals surface area contributed by atoms with Crippen molar-refractivity contribution in [2.24, 2.45) is 0 Å². The Morgan fingerprint density at radius 2 is 0.842 bits per heavy atom. The third kappa shape index (κ3) is 5.53. The van der Waals surface area contributed by atoms with Gasteiger partial charge in [0.25, 0.3) is 0 Å². The molecule has 3 aromatic heterocycles. The predicted octanol–water partition coefficient (Wildman–Crippen LogP) is -0.186. The van der Waals surface area contributed by atoms with E-state index in [0.717, 1.165) is 72.0 Å². The number of furan rings is 2. The molecule has 0 unspecified atom stereocenters. The lowest BCUT2D eigenvalue weighted by Gasteiger charge is -2.16. The van der Waals surface area contributed by atoms with Gasteiger partial charge in [0.15, 0.2) is 17.5 Å². The maximum atomic E-state index is 6.90. The Labute approximate surface area is 337 Å². The highest BCUT2D eigenvalue weighted by Crippen LogP contribution is 2.37. The van der Waals surface area contributed by atoms with E-state index in [0.29, 0.717) is 17.5 Å². The zero-order valence-corrected chi connectivity index (χ0v) is 33.2. The van der Waals surface area contributed by atoms with Crippen LogP contribution in [0.5, 0.6) is 0 Å². The molecule has 0 saturated heterocycles. The monoisotopic (exact) mass is 725 g/mol. The molecule has 57 heavy (non-hydrogen) atoms. The molecule has 10 aromatic rings. The SMILES string of the molecule is Bc1c(B)c(B)c2c(oc3c(-c4ccc(-c5nc(-c6ccc(-c7ccccc7)cc6)nc(-c6cccc7c6oc6ccccc67)n5)cc4)c(B)c(B)c(B)c32)c1B.